The second-order valence-electron chi connectivity index (χ2n) is 8.41. The van der Waals surface area contributed by atoms with Gasteiger partial charge in [0.2, 0.25) is 0 Å². The number of hydrogen-bond donors (Lipinski definition) is 0. The first kappa shape index (κ1) is 29.9. The molecule has 0 aromatic carbocycles. The van der Waals surface area contributed by atoms with E-state index in [1.165, 1.54) is 11.1 Å². The summed E-state index contributed by atoms with van der Waals surface area (Å²) in [6.45, 7) is 16.4. The lowest BCUT2D eigenvalue weighted by Gasteiger charge is -2.06. The molecule has 0 spiro atoms. The molecule has 3 aromatic heterocycles. The first-order chi connectivity index (χ1) is 14.5. The Morgan fingerprint density at radius 3 is 1.59 bits per heavy atom. The predicted octanol–water partition coefficient (Wildman–Crippen LogP) is 8.77. The molecule has 0 bridgehead atoms. The number of hydrogen-bond acceptors (Lipinski definition) is 3. The van der Waals surface area contributed by atoms with Gasteiger partial charge in [0.1, 0.15) is 10.4 Å². The maximum Gasteiger partial charge on any atom is 0.147 e. The van der Waals surface area contributed by atoms with Crippen LogP contribution in [0.25, 0.3) is 0 Å². The van der Waals surface area contributed by atoms with Crippen LogP contribution in [0.15, 0.2) is 53.5 Å². The van der Waals surface area contributed by atoms with Gasteiger partial charge in [0.05, 0.1) is 5.69 Å². The Kier molecular flexibility index (Phi) is 13.8. The largest absolute Gasteiger partial charge is 0.262 e. The summed E-state index contributed by atoms with van der Waals surface area (Å²) in [6.07, 6.45) is 5.33. The van der Waals surface area contributed by atoms with E-state index in [1.807, 2.05) is 45.3 Å². The van der Waals surface area contributed by atoms with Gasteiger partial charge in [-0.2, -0.15) is 0 Å². The molecular formula is C27H39BrFN3. The van der Waals surface area contributed by atoms with Gasteiger partial charge in [0, 0.05) is 24.3 Å². The molecule has 32 heavy (non-hydrogen) atoms. The summed E-state index contributed by atoms with van der Waals surface area (Å²) in [6, 6.07) is 10.0. The van der Waals surface area contributed by atoms with E-state index in [0.29, 0.717) is 17.5 Å². The van der Waals surface area contributed by atoms with Gasteiger partial charge >= 0.3 is 0 Å². The average molecular weight is 505 g/mol. The van der Waals surface area contributed by atoms with Gasteiger partial charge < -0.3 is 0 Å². The lowest BCUT2D eigenvalue weighted by Crippen LogP contribution is -1.97. The third-order valence-electron chi connectivity index (χ3n) is 4.72. The maximum atomic E-state index is 13.2. The van der Waals surface area contributed by atoms with Gasteiger partial charge in [0.25, 0.3) is 0 Å². The summed E-state index contributed by atoms with van der Waals surface area (Å²) in [5.74, 6) is 1.26. The van der Waals surface area contributed by atoms with E-state index in [1.54, 1.807) is 19.2 Å². The monoisotopic (exact) mass is 503 g/mol. The first-order valence-electron chi connectivity index (χ1n) is 10.7. The summed E-state index contributed by atoms with van der Waals surface area (Å²) in [7, 11) is 0. The van der Waals surface area contributed by atoms with Crippen LogP contribution in [0.2, 0.25) is 0 Å². The van der Waals surface area contributed by atoms with Crippen molar-refractivity contribution in [1.82, 2.24) is 15.0 Å². The van der Waals surface area contributed by atoms with Crippen LogP contribution in [0.4, 0.5) is 4.39 Å². The van der Waals surface area contributed by atoms with E-state index in [9.17, 15) is 4.39 Å². The normalized spacial score (nSPS) is 10.2. The quantitative estimate of drug-likeness (QED) is 0.335. The molecule has 0 unspecified atom stereocenters. The van der Waals surface area contributed by atoms with E-state index < -0.39 is 0 Å². The van der Waals surface area contributed by atoms with Crippen molar-refractivity contribution in [2.75, 3.05) is 0 Å². The molecule has 0 fully saturated rings. The second-order valence-corrected chi connectivity index (χ2v) is 9.22. The molecule has 5 heteroatoms. The molecule has 0 saturated carbocycles. The van der Waals surface area contributed by atoms with Gasteiger partial charge in [-0.25, -0.2) is 9.37 Å². The van der Waals surface area contributed by atoms with E-state index >= 15 is 0 Å². The van der Waals surface area contributed by atoms with Crippen molar-refractivity contribution in [2.45, 2.75) is 80.6 Å². The van der Waals surface area contributed by atoms with Crippen LogP contribution in [0.5, 0.6) is 0 Å². The SMILES string of the molecule is C.CC(C)c1ccnc(Br)c1.Cc1cc(C(C)C)ccn1.Cc1nccc(C(C)C)c1F. The minimum Gasteiger partial charge on any atom is -0.262 e. The molecule has 0 aliphatic carbocycles. The molecule has 3 aromatic rings. The smallest absolute Gasteiger partial charge is 0.147 e. The molecule has 0 N–H and O–H groups in total. The molecule has 176 valence electrons. The zero-order chi connectivity index (χ0) is 23.6. The number of halogens is 2. The molecule has 3 rings (SSSR count). The van der Waals surface area contributed by atoms with Crippen molar-refractivity contribution in [3.8, 4) is 0 Å². The molecule has 0 atom stereocenters. The molecule has 0 amide bonds. The third-order valence-corrected chi connectivity index (χ3v) is 5.15. The van der Waals surface area contributed by atoms with Crippen molar-refractivity contribution >= 4 is 15.9 Å². The predicted molar refractivity (Wildman–Crippen MR) is 139 cm³/mol. The Bertz CT molecular complexity index is 890. The van der Waals surface area contributed by atoms with Crippen molar-refractivity contribution in [1.29, 1.82) is 0 Å². The van der Waals surface area contributed by atoms with Crippen molar-refractivity contribution in [3.05, 3.63) is 87.4 Å². The molecule has 0 radical (unpaired) electrons. The lowest BCUT2D eigenvalue weighted by molar-refractivity contribution is 0.581. The van der Waals surface area contributed by atoms with E-state index in [-0.39, 0.29) is 19.2 Å². The Balaban J connectivity index is 0.000000444. The number of pyridine rings is 3. The summed E-state index contributed by atoms with van der Waals surface area (Å²) in [5.41, 5.74) is 5.02. The highest BCUT2D eigenvalue weighted by Crippen LogP contribution is 2.18. The number of nitrogens with zero attached hydrogens (tertiary/aromatic N) is 3. The Labute approximate surface area is 203 Å². The van der Waals surface area contributed by atoms with E-state index in [0.717, 1.165) is 15.9 Å². The van der Waals surface area contributed by atoms with Crippen LogP contribution in [0.1, 0.15) is 94.8 Å². The van der Waals surface area contributed by atoms with Gasteiger partial charge in [0.15, 0.2) is 0 Å². The van der Waals surface area contributed by atoms with Crippen molar-refractivity contribution in [3.63, 3.8) is 0 Å². The lowest BCUT2D eigenvalue weighted by atomic mass is 10.0. The molecule has 3 nitrogen and oxygen atoms in total. The topological polar surface area (TPSA) is 38.7 Å². The molecule has 0 saturated heterocycles. The zero-order valence-corrected chi connectivity index (χ0v) is 21.5. The fourth-order valence-corrected chi connectivity index (χ4v) is 3.10. The van der Waals surface area contributed by atoms with Crippen LogP contribution in [0, 0.1) is 19.7 Å². The number of aromatic nitrogens is 3. The molecule has 0 aliphatic rings. The van der Waals surface area contributed by atoms with Crippen LogP contribution in [-0.4, -0.2) is 15.0 Å². The van der Waals surface area contributed by atoms with Crippen LogP contribution < -0.4 is 0 Å². The van der Waals surface area contributed by atoms with Crippen molar-refractivity contribution < 1.29 is 4.39 Å². The maximum absolute atomic E-state index is 13.2. The van der Waals surface area contributed by atoms with Gasteiger partial charge in [-0.1, -0.05) is 49.0 Å². The fraction of sp³-hybridized carbons (Fsp3) is 0.444. The van der Waals surface area contributed by atoms with Gasteiger partial charge in [-0.15, -0.1) is 0 Å². The van der Waals surface area contributed by atoms with Crippen LogP contribution in [-0.2, 0) is 0 Å². The Morgan fingerprint density at radius 2 is 1.22 bits per heavy atom. The third kappa shape index (κ3) is 10.4. The zero-order valence-electron chi connectivity index (χ0n) is 19.9. The first-order valence-corrected chi connectivity index (χ1v) is 11.5. The number of rotatable bonds is 3. The Hall–Kier alpha value is -2.14. The minimum absolute atomic E-state index is 0. The fourth-order valence-electron chi connectivity index (χ4n) is 2.72. The highest BCUT2D eigenvalue weighted by Gasteiger charge is 2.08. The summed E-state index contributed by atoms with van der Waals surface area (Å²) >= 11 is 3.32. The average Bonchev–Trinajstić information content (AvgIpc) is 2.71. The molecule has 3 heterocycles. The highest BCUT2D eigenvalue weighted by molar-refractivity contribution is 9.10. The molecular weight excluding hydrogens is 465 g/mol. The van der Waals surface area contributed by atoms with Gasteiger partial charge in [-0.05, 0) is 94.6 Å². The van der Waals surface area contributed by atoms with Crippen molar-refractivity contribution in [2.24, 2.45) is 0 Å². The van der Waals surface area contributed by atoms with Gasteiger partial charge in [-0.3, -0.25) is 9.97 Å². The van der Waals surface area contributed by atoms with E-state index in [4.69, 9.17) is 0 Å². The number of aryl methyl sites for hydroxylation is 2. The highest BCUT2D eigenvalue weighted by atomic mass is 79.9. The summed E-state index contributed by atoms with van der Waals surface area (Å²) in [5, 5.41) is 0. The molecule has 0 aliphatic heterocycles. The minimum atomic E-state index is -0.164. The Morgan fingerprint density at radius 1 is 0.719 bits per heavy atom. The van der Waals surface area contributed by atoms with Crippen LogP contribution >= 0.6 is 15.9 Å². The van der Waals surface area contributed by atoms with Crippen LogP contribution in [0.3, 0.4) is 0 Å². The second kappa shape index (κ2) is 14.8. The summed E-state index contributed by atoms with van der Waals surface area (Å²) < 4.78 is 14.1. The summed E-state index contributed by atoms with van der Waals surface area (Å²) in [4.78, 5) is 12.0. The van der Waals surface area contributed by atoms with E-state index in [2.05, 4.69) is 70.7 Å². The standard InChI is InChI=1S/C9H12FN.C9H13N.C8H10BrN.CH4/c1-6(2)8-4-5-11-7(3)9(8)10;1-7(2)9-4-5-10-8(3)6-9;1-6(2)7-3-4-10-8(9)5-7;/h4-6H,1-3H3;4-7H,1-3H3;3-6H,1-2H3;1H4.